The Morgan fingerprint density at radius 2 is 1.72 bits per heavy atom. The van der Waals surface area contributed by atoms with Crippen LogP contribution in [-0.4, -0.2) is 42.5 Å². The molecule has 154 valence electrons. The fourth-order valence-electron chi connectivity index (χ4n) is 3.39. The third-order valence-electron chi connectivity index (χ3n) is 5.19. The van der Waals surface area contributed by atoms with E-state index in [1.807, 2.05) is 30.3 Å². The lowest BCUT2D eigenvalue weighted by molar-refractivity contribution is -0.128. The van der Waals surface area contributed by atoms with Gasteiger partial charge in [-0.05, 0) is 43.3 Å². The largest absolute Gasteiger partial charge is 0.479 e. The van der Waals surface area contributed by atoms with Gasteiger partial charge >= 0.3 is 0 Å². The quantitative estimate of drug-likeness (QED) is 0.747. The third kappa shape index (κ3) is 5.15. The van der Waals surface area contributed by atoms with Crippen molar-refractivity contribution in [1.29, 1.82) is 0 Å². The van der Waals surface area contributed by atoms with Crippen LogP contribution >= 0.6 is 0 Å². The summed E-state index contributed by atoms with van der Waals surface area (Å²) in [5.41, 5.74) is 2.92. The van der Waals surface area contributed by atoms with Gasteiger partial charge in [-0.25, -0.2) is 0 Å². The van der Waals surface area contributed by atoms with Crippen LogP contribution in [0.15, 0.2) is 48.5 Å². The summed E-state index contributed by atoms with van der Waals surface area (Å²) < 4.78 is 5.61. The molecule has 6 nitrogen and oxygen atoms in total. The summed E-state index contributed by atoms with van der Waals surface area (Å²) >= 11 is 0. The molecule has 0 radical (unpaired) electrons. The molecule has 1 atom stereocenters. The number of carbonyl (C=O) groups is 2. The Kier molecular flexibility index (Phi) is 6.88. The van der Waals surface area contributed by atoms with Gasteiger partial charge in [0.05, 0.1) is 5.69 Å². The molecule has 1 N–H and O–H groups in total. The molecule has 1 aliphatic rings. The van der Waals surface area contributed by atoms with Gasteiger partial charge in [-0.1, -0.05) is 50.2 Å². The van der Waals surface area contributed by atoms with Crippen molar-refractivity contribution >= 4 is 17.5 Å². The van der Waals surface area contributed by atoms with E-state index >= 15 is 0 Å². The molecular weight excluding hydrogens is 366 g/mol. The van der Waals surface area contributed by atoms with Gasteiger partial charge < -0.3 is 10.1 Å². The number of para-hydroxylation sites is 2. The molecule has 2 aromatic carbocycles. The Balaban J connectivity index is 1.57. The Hall–Kier alpha value is -2.86. The maximum atomic E-state index is 12.5. The van der Waals surface area contributed by atoms with Crippen LogP contribution in [0.2, 0.25) is 0 Å². The second-order valence-corrected chi connectivity index (χ2v) is 7.21. The Bertz CT molecular complexity index is 847. The van der Waals surface area contributed by atoms with Gasteiger partial charge in [0.1, 0.15) is 12.3 Å². The predicted octanol–water partition coefficient (Wildman–Crippen LogP) is 2.96. The second-order valence-electron chi connectivity index (χ2n) is 7.21. The summed E-state index contributed by atoms with van der Waals surface area (Å²) in [5.74, 6) is 0.213. The highest BCUT2D eigenvalue weighted by molar-refractivity contribution is 6.03. The minimum absolute atomic E-state index is 0.0242. The minimum Gasteiger partial charge on any atom is -0.479 e. The molecule has 0 aliphatic carbocycles. The number of ether oxygens (including phenoxy) is 1. The topological polar surface area (TPSA) is 61.9 Å². The molecule has 1 unspecified atom stereocenters. The molecule has 1 heterocycles. The maximum Gasteiger partial charge on any atom is 0.268 e. The number of nitrogens with one attached hydrogen (secondary N) is 1. The van der Waals surface area contributed by atoms with Gasteiger partial charge in [0.2, 0.25) is 5.91 Å². The van der Waals surface area contributed by atoms with Crippen molar-refractivity contribution in [2.24, 2.45) is 0 Å². The van der Waals surface area contributed by atoms with Gasteiger partial charge in [0, 0.05) is 13.1 Å². The Labute approximate surface area is 172 Å². The van der Waals surface area contributed by atoms with E-state index in [9.17, 15) is 9.59 Å². The number of hydrogen-bond acceptors (Lipinski definition) is 4. The van der Waals surface area contributed by atoms with Crippen molar-refractivity contribution in [3.8, 4) is 5.75 Å². The highest BCUT2D eigenvalue weighted by Crippen LogP contribution is 2.33. The van der Waals surface area contributed by atoms with E-state index in [0.717, 1.165) is 25.2 Å². The number of carbonyl (C=O) groups excluding carboxylic acids is 2. The average molecular weight is 396 g/mol. The molecule has 29 heavy (non-hydrogen) atoms. The number of rotatable bonds is 8. The summed E-state index contributed by atoms with van der Waals surface area (Å²) in [4.78, 5) is 28.8. The van der Waals surface area contributed by atoms with E-state index in [1.165, 1.54) is 10.5 Å². The first-order valence-corrected chi connectivity index (χ1v) is 10.2. The minimum atomic E-state index is -0.601. The number of anilines is 1. The smallest absolute Gasteiger partial charge is 0.268 e. The SMILES string of the molecule is CCN(CC)Cc1ccc(CNC(=O)CN2C(=O)C(C)Oc3ccccc32)cc1. The van der Waals surface area contributed by atoms with Crippen LogP contribution in [0.4, 0.5) is 5.69 Å². The average Bonchev–Trinajstić information content (AvgIpc) is 2.74. The summed E-state index contributed by atoms with van der Waals surface area (Å²) in [7, 11) is 0. The van der Waals surface area contributed by atoms with Crippen molar-refractivity contribution in [3.63, 3.8) is 0 Å². The van der Waals surface area contributed by atoms with Crippen molar-refractivity contribution in [2.45, 2.75) is 40.0 Å². The number of hydrogen-bond donors (Lipinski definition) is 1. The predicted molar refractivity (Wildman–Crippen MR) is 114 cm³/mol. The van der Waals surface area contributed by atoms with Crippen LogP contribution in [0.5, 0.6) is 5.75 Å². The van der Waals surface area contributed by atoms with Crippen LogP contribution in [0, 0.1) is 0 Å². The molecule has 6 heteroatoms. The molecule has 0 bridgehead atoms. The van der Waals surface area contributed by atoms with E-state index in [1.54, 1.807) is 13.0 Å². The Morgan fingerprint density at radius 3 is 2.41 bits per heavy atom. The monoisotopic (exact) mass is 395 g/mol. The summed E-state index contributed by atoms with van der Waals surface area (Å²) in [6.45, 7) is 9.40. The Morgan fingerprint density at radius 1 is 1.07 bits per heavy atom. The highest BCUT2D eigenvalue weighted by atomic mass is 16.5. The summed E-state index contributed by atoms with van der Waals surface area (Å²) in [5, 5.41) is 2.91. The molecule has 0 aromatic heterocycles. The van der Waals surface area contributed by atoms with E-state index in [-0.39, 0.29) is 18.4 Å². The molecule has 0 fully saturated rings. The lowest BCUT2D eigenvalue weighted by Gasteiger charge is -2.32. The fraction of sp³-hybridized carbons (Fsp3) is 0.391. The van der Waals surface area contributed by atoms with E-state index < -0.39 is 6.10 Å². The van der Waals surface area contributed by atoms with Crippen molar-refractivity contribution in [3.05, 3.63) is 59.7 Å². The molecule has 0 saturated carbocycles. The van der Waals surface area contributed by atoms with Gasteiger partial charge in [-0.3, -0.25) is 19.4 Å². The first-order valence-electron chi connectivity index (χ1n) is 10.2. The van der Waals surface area contributed by atoms with Crippen LogP contribution in [-0.2, 0) is 22.7 Å². The fourth-order valence-corrected chi connectivity index (χ4v) is 3.39. The number of amides is 2. The van der Waals surface area contributed by atoms with Crippen molar-refractivity contribution in [2.75, 3.05) is 24.5 Å². The number of nitrogens with zero attached hydrogens (tertiary/aromatic N) is 2. The first kappa shape index (κ1) is 20.9. The molecule has 2 aromatic rings. The van der Waals surface area contributed by atoms with E-state index in [4.69, 9.17) is 4.74 Å². The van der Waals surface area contributed by atoms with Gasteiger partial charge in [0.25, 0.3) is 5.91 Å². The van der Waals surface area contributed by atoms with Crippen molar-refractivity contribution < 1.29 is 14.3 Å². The summed E-state index contributed by atoms with van der Waals surface area (Å²) in [6, 6.07) is 15.6. The lowest BCUT2D eigenvalue weighted by Crippen LogP contribution is -2.48. The number of benzene rings is 2. The summed E-state index contributed by atoms with van der Waals surface area (Å²) in [6.07, 6.45) is -0.601. The molecule has 0 spiro atoms. The van der Waals surface area contributed by atoms with Crippen LogP contribution in [0.3, 0.4) is 0 Å². The lowest BCUT2D eigenvalue weighted by atomic mass is 10.1. The third-order valence-corrected chi connectivity index (χ3v) is 5.19. The molecule has 3 rings (SSSR count). The van der Waals surface area contributed by atoms with Gasteiger partial charge in [-0.15, -0.1) is 0 Å². The van der Waals surface area contributed by atoms with Crippen LogP contribution in [0.1, 0.15) is 31.9 Å². The normalized spacial score (nSPS) is 15.8. The van der Waals surface area contributed by atoms with Crippen molar-refractivity contribution in [1.82, 2.24) is 10.2 Å². The van der Waals surface area contributed by atoms with Gasteiger partial charge in [-0.2, -0.15) is 0 Å². The first-order chi connectivity index (χ1) is 14.0. The van der Waals surface area contributed by atoms with E-state index in [2.05, 4.69) is 36.2 Å². The standard InChI is InChI=1S/C23H29N3O3/c1-4-25(5-2)15-19-12-10-18(11-13-19)14-24-22(27)16-26-20-8-6-7-9-21(20)29-17(3)23(26)28/h6-13,17H,4-5,14-16H2,1-3H3,(H,24,27). The van der Waals surface area contributed by atoms with Crippen LogP contribution in [0.25, 0.3) is 0 Å². The van der Waals surface area contributed by atoms with E-state index in [0.29, 0.717) is 18.0 Å². The van der Waals surface area contributed by atoms with Crippen LogP contribution < -0.4 is 15.0 Å². The molecule has 0 saturated heterocycles. The zero-order valence-electron chi connectivity index (χ0n) is 17.4. The molecular formula is C23H29N3O3. The maximum absolute atomic E-state index is 12.5. The molecule has 1 aliphatic heterocycles. The zero-order chi connectivity index (χ0) is 20.8. The second kappa shape index (κ2) is 9.56. The molecule has 2 amide bonds. The number of fused-ring (bicyclic) bond motifs is 1. The van der Waals surface area contributed by atoms with Gasteiger partial charge in [0.15, 0.2) is 6.10 Å². The highest BCUT2D eigenvalue weighted by Gasteiger charge is 2.32. The zero-order valence-corrected chi connectivity index (χ0v) is 17.4.